The van der Waals surface area contributed by atoms with Crippen molar-refractivity contribution >= 4 is 63.5 Å². The summed E-state index contributed by atoms with van der Waals surface area (Å²) >= 11 is 12.3. The lowest BCUT2D eigenvalue weighted by atomic mass is 10.4. The van der Waals surface area contributed by atoms with Gasteiger partial charge >= 0.3 is 0 Å². The summed E-state index contributed by atoms with van der Waals surface area (Å²) in [6.45, 7) is 4.80. The van der Waals surface area contributed by atoms with Gasteiger partial charge in [-0.2, -0.15) is 8.61 Å². The lowest BCUT2D eigenvalue weighted by Crippen LogP contribution is -2.47. The average Bonchev–Trinajstić information content (AvgIpc) is 2.86. The van der Waals surface area contributed by atoms with Crippen LogP contribution >= 0.6 is 43.5 Å². The maximum Gasteiger partial charge on any atom is 0.248 e. The highest BCUT2D eigenvalue weighted by Crippen LogP contribution is 2.28. The summed E-state index contributed by atoms with van der Waals surface area (Å²) < 4.78 is 59.2. The molecule has 2 aliphatic rings. The fourth-order valence-corrected chi connectivity index (χ4v) is 8.05. The van der Waals surface area contributed by atoms with Crippen molar-refractivity contribution in [1.82, 2.24) is 28.4 Å². The number of sulfonamides is 2. The van der Waals surface area contributed by atoms with Gasteiger partial charge in [0.2, 0.25) is 25.9 Å². The van der Waals surface area contributed by atoms with Gasteiger partial charge in [-0.15, -0.1) is 0 Å². The summed E-state index contributed by atoms with van der Waals surface area (Å²) in [4.78, 5) is 12.2. The lowest BCUT2D eigenvalue weighted by Gasteiger charge is -2.31. The second kappa shape index (κ2) is 13.0. The van der Waals surface area contributed by atoms with Crippen LogP contribution in [0.4, 0.5) is 0 Å². The number of nitrogens with zero attached hydrogens (tertiary/aromatic N) is 6. The van der Waals surface area contributed by atoms with Crippen LogP contribution < -0.4 is 4.74 Å². The van der Waals surface area contributed by atoms with E-state index in [0.29, 0.717) is 35.1 Å². The van der Waals surface area contributed by atoms with Gasteiger partial charge in [0.15, 0.2) is 0 Å². The first-order valence-electron chi connectivity index (χ1n) is 11.2. The van der Waals surface area contributed by atoms with Gasteiger partial charge in [0.05, 0.1) is 7.11 Å². The molecule has 0 amide bonds. The molecule has 2 aliphatic heterocycles. The van der Waals surface area contributed by atoms with Crippen LogP contribution in [-0.4, -0.2) is 119 Å². The molecule has 0 N–H and O–H groups in total. The van der Waals surface area contributed by atoms with E-state index in [1.165, 1.54) is 40.2 Å². The molecule has 2 aromatic rings. The van der Waals surface area contributed by atoms with E-state index >= 15 is 0 Å². The third-order valence-corrected chi connectivity index (χ3v) is 11.0. The van der Waals surface area contributed by atoms with Gasteiger partial charge in [-0.05, 0) is 58.1 Å². The quantitative estimate of drug-likeness (QED) is 0.433. The predicted molar refractivity (Wildman–Crippen MR) is 148 cm³/mol. The van der Waals surface area contributed by atoms with Crippen LogP contribution in [0.15, 0.2) is 43.3 Å². The highest BCUT2D eigenvalue weighted by Gasteiger charge is 2.31. The molecular formula is C21H29Br2ClN6O5S2. The molecule has 0 atom stereocenters. The van der Waals surface area contributed by atoms with Crippen molar-refractivity contribution in [2.24, 2.45) is 0 Å². The van der Waals surface area contributed by atoms with Gasteiger partial charge in [-0.25, -0.2) is 26.8 Å². The summed E-state index contributed by atoms with van der Waals surface area (Å²) in [6.07, 6.45) is 2.99. The fourth-order valence-electron chi connectivity index (χ4n) is 3.67. The van der Waals surface area contributed by atoms with E-state index in [1.54, 1.807) is 0 Å². The van der Waals surface area contributed by atoms with E-state index in [2.05, 4.69) is 51.6 Å². The molecule has 16 heteroatoms. The molecule has 0 spiro atoms. The maximum atomic E-state index is 12.6. The number of hydrogen-bond donors (Lipinski definition) is 0. The second-order valence-corrected chi connectivity index (χ2v) is 14.5. The molecule has 4 rings (SSSR count). The molecule has 0 aliphatic carbocycles. The van der Waals surface area contributed by atoms with E-state index in [1.807, 2.05) is 14.1 Å². The van der Waals surface area contributed by atoms with Gasteiger partial charge in [0.1, 0.15) is 14.9 Å². The van der Waals surface area contributed by atoms with Gasteiger partial charge in [-0.1, -0.05) is 11.6 Å². The van der Waals surface area contributed by atoms with Crippen molar-refractivity contribution in [3.05, 3.63) is 38.6 Å². The number of methoxy groups -OCH3 is 1. The number of rotatable bonds is 5. The number of halogens is 3. The fraction of sp³-hybridized carbons (Fsp3) is 0.524. The number of aromatic nitrogens is 2. The molecule has 2 aromatic heterocycles. The number of pyridine rings is 2. The van der Waals surface area contributed by atoms with E-state index in [4.69, 9.17) is 16.3 Å². The zero-order chi connectivity index (χ0) is 27.4. The molecular weight excluding hydrogens is 676 g/mol. The topological polar surface area (TPSA) is 116 Å². The van der Waals surface area contributed by atoms with Crippen molar-refractivity contribution in [3.8, 4) is 5.88 Å². The average molecular weight is 705 g/mol. The first-order chi connectivity index (χ1) is 17.4. The number of likely N-dealkylation sites (N-methyl/N-ethyl adjacent to an activating group) is 2. The number of ether oxygens (including phenoxy) is 1. The van der Waals surface area contributed by atoms with Crippen molar-refractivity contribution in [2.45, 2.75) is 9.79 Å². The first kappa shape index (κ1) is 30.6. The molecule has 206 valence electrons. The van der Waals surface area contributed by atoms with Crippen molar-refractivity contribution in [1.29, 1.82) is 0 Å². The molecule has 37 heavy (non-hydrogen) atoms. The molecule has 0 bridgehead atoms. The summed E-state index contributed by atoms with van der Waals surface area (Å²) in [5, 5.41) is 0.0112. The Morgan fingerprint density at radius 2 is 1.16 bits per heavy atom. The molecule has 0 unspecified atom stereocenters. The summed E-state index contributed by atoms with van der Waals surface area (Å²) in [5.41, 5.74) is 0. The lowest BCUT2D eigenvalue weighted by molar-refractivity contribution is 0.222. The molecule has 11 nitrogen and oxygen atoms in total. The Morgan fingerprint density at radius 3 is 1.62 bits per heavy atom. The predicted octanol–water partition coefficient (Wildman–Crippen LogP) is 2.22. The smallest absolute Gasteiger partial charge is 0.248 e. The molecule has 0 radical (unpaired) electrons. The Bertz CT molecular complexity index is 1300. The van der Waals surface area contributed by atoms with E-state index < -0.39 is 20.0 Å². The van der Waals surface area contributed by atoms with Crippen LogP contribution in [0.2, 0.25) is 5.15 Å². The number of hydrogen-bond acceptors (Lipinski definition) is 9. The monoisotopic (exact) mass is 702 g/mol. The Kier molecular flexibility index (Phi) is 10.7. The van der Waals surface area contributed by atoms with Gasteiger partial charge in [-0.3, -0.25) is 0 Å². The van der Waals surface area contributed by atoms with Gasteiger partial charge < -0.3 is 14.5 Å². The minimum atomic E-state index is -3.56. The Labute approximate surface area is 240 Å². The second-order valence-electron chi connectivity index (χ2n) is 8.52. The Morgan fingerprint density at radius 1 is 0.757 bits per heavy atom. The Hall–Kier alpha value is -0.910. The van der Waals surface area contributed by atoms with Crippen molar-refractivity contribution in [2.75, 3.05) is 73.6 Å². The van der Waals surface area contributed by atoms with Crippen LogP contribution in [0.3, 0.4) is 0 Å². The Balaban J connectivity index is 0.000000206. The van der Waals surface area contributed by atoms with Gasteiger partial charge in [0.25, 0.3) is 0 Å². The molecule has 2 saturated heterocycles. The molecule has 0 aromatic carbocycles. The zero-order valence-electron chi connectivity index (χ0n) is 20.6. The normalized spacial score (nSPS) is 18.8. The summed E-state index contributed by atoms with van der Waals surface area (Å²) in [6, 6.07) is 3.02. The molecule has 4 heterocycles. The van der Waals surface area contributed by atoms with Gasteiger partial charge in [0, 0.05) is 73.7 Å². The minimum absolute atomic E-state index is 0.0112. The van der Waals surface area contributed by atoms with E-state index in [-0.39, 0.29) is 20.8 Å². The SMILES string of the molecule is CN1CCN(S(=O)(=O)c2cc(Br)cnc2Cl)CC1.COc1ncc(Br)cc1S(=O)(=O)N1CCN(C)CC1. The molecule has 2 fully saturated rings. The van der Waals surface area contributed by atoms with Crippen LogP contribution in [0, 0.1) is 0 Å². The largest absolute Gasteiger partial charge is 0.480 e. The van der Waals surface area contributed by atoms with E-state index in [0.717, 1.165) is 26.2 Å². The summed E-state index contributed by atoms with van der Waals surface area (Å²) in [7, 11) is -1.75. The van der Waals surface area contributed by atoms with Crippen LogP contribution in [0.5, 0.6) is 5.88 Å². The standard InChI is InChI=1S/C11H16BrN3O3S.C10H13BrClN3O2S/c1-14-3-5-15(6-4-14)19(16,17)10-7-9(12)8-13-11(10)18-2;1-14-2-4-15(5-3-14)18(16,17)9-6-8(11)7-13-10(9)12/h7-8H,3-6H2,1-2H3;6-7H,2-5H2,1H3. The van der Waals surface area contributed by atoms with Crippen molar-refractivity contribution in [3.63, 3.8) is 0 Å². The maximum absolute atomic E-state index is 12.6. The minimum Gasteiger partial charge on any atom is -0.480 e. The first-order valence-corrected chi connectivity index (χ1v) is 16.1. The van der Waals surface area contributed by atoms with Crippen LogP contribution in [0.1, 0.15) is 0 Å². The number of piperazine rings is 2. The third-order valence-electron chi connectivity index (χ3n) is 5.91. The van der Waals surface area contributed by atoms with Crippen LogP contribution in [0.25, 0.3) is 0 Å². The zero-order valence-corrected chi connectivity index (χ0v) is 26.2. The third kappa shape index (κ3) is 7.60. The van der Waals surface area contributed by atoms with Crippen molar-refractivity contribution < 1.29 is 21.6 Å². The molecule has 0 saturated carbocycles. The van der Waals surface area contributed by atoms with Crippen LogP contribution in [-0.2, 0) is 20.0 Å². The summed E-state index contributed by atoms with van der Waals surface area (Å²) in [5.74, 6) is 0.127. The highest BCUT2D eigenvalue weighted by atomic mass is 79.9. The highest BCUT2D eigenvalue weighted by molar-refractivity contribution is 9.10. The van der Waals surface area contributed by atoms with E-state index in [9.17, 15) is 16.8 Å².